The highest BCUT2D eigenvalue weighted by Crippen LogP contribution is 2.16. The molecular weight excluding hydrogens is 235 g/mol. The van der Waals surface area contributed by atoms with Gasteiger partial charge in [-0.05, 0) is 24.1 Å². The predicted octanol–water partition coefficient (Wildman–Crippen LogP) is 1.73. The van der Waals surface area contributed by atoms with Crippen LogP contribution >= 0.6 is 24.8 Å². The zero-order valence-corrected chi connectivity index (χ0v) is 9.94. The van der Waals surface area contributed by atoms with Crippen molar-refractivity contribution in [1.82, 2.24) is 4.98 Å². The number of hydrogen-bond donors (Lipinski definition) is 2. The number of nitrogens with two attached hydrogens (primary N) is 2. The van der Waals surface area contributed by atoms with E-state index >= 15 is 0 Å². The van der Waals surface area contributed by atoms with Gasteiger partial charge in [-0.15, -0.1) is 24.8 Å². The molecule has 0 amide bonds. The number of pyridine rings is 1. The Kier molecular flexibility index (Phi) is 7.98. The zero-order chi connectivity index (χ0) is 9.84. The third-order valence-corrected chi connectivity index (χ3v) is 1.88. The van der Waals surface area contributed by atoms with Gasteiger partial charge in [-0.3, -0.25) is 0 Å². The minimum atomic E-state index is -0.267. The Labute approximate surface area is 101 Å². The van der Waals surface area contributed by atoms with Gasteiger partial charge in [-0.2, -0.15) is 5.26 Å². The average molecular weight is 249 g/mol. The standard InChI is InChI=1S/C9H12N4.2ClH/c1-6-4-7(5-13-9(6)12)8(11)2-3-10;;/h4-5,8H,2,11H2,1H3,(H2,12,13);2*1H/t8-;;/m1../s1. The first-order valence-corrected chi connectivity index (χ1v) is 3.99. The van der Waals surface area contributed by atoms with Crippen molar-refractivity contribution in [2.75, 3.05) is 5.73 Å². The Hall–Kier alpha value is -1.02. The Bertz CT molecular complexity index is 348. The molecule has 1 atom stereocenters. The summed E-state index contributed by atoms with van der Waals surface area (Å²) in [7, 11) is 0. The molecule has 1 aromatic rings. The van der Waals surface area contributed by atoms with E-state index in [0.717, 1.165) is 11.1 Å². The molecule has 0 bridgehead atoms. The van der Waals surface area contributed by atoms with Gasteiger partial charge in [0.1, 0.15) is 5.82 Å². The minimum absolute atomic E-state index is 0. The maximum absolute atomic E-state index is 8.45. The largest absolute Gasteiger partial charge is 0.383 e. The Morgan fingerprint density at radius 3 is 2.60 bits per heavy atom. The van der Waals surface area contributed by atoms with Crippen LogP contribution in [-0.4, -0.2) is 4.98 Å². The molecule has 0 saturated carbocycles. The molecule has 84 valence electrons. The van der Waals surface area contributed by atoms with Gasteiger partial charge >= 0.3 is 0 Å². The Morgan fingerprint density at radius 2 is 2.13 bits per heavy atom. The summed E-state index contributed by atoms with van der Waals surface area (Å²) in [4.78, 5) is 3.97. The highest BCUT2D eigenvalue weighted by Gasteiger charge is 2.06. The summed E-state index contributed by atoms with van der Waals surface area (Å²) in [5.41, 5.74) is 13.0. The Morgan fingerprint density at radius 1 is 1.53 bits per heavy atom. The molecule has 1 rings (SSSR count). The number of hydrogen-bond acceptors (Lipinski definition) is 4. The summed E-state index contributed by atoms with van der Waals surface area (Å²) in [6.45, 7) is 1.87. The van der Waals surface area contributed by atoms with Crippen LogP contribution in [0.15, 0.2) is 12.3 Å². The third kappa shape index (κ3) is 4.34. The highest BCUT2D eigenvalue weighted by atomic mass is 35.5. The monoisotopic (exact) mass is 248 g/mol. The van der Waals surface area contributed by atoms with Crippen LogP contribution in [0.3, 0.4) is 0 Å². The summed E-state index contributed by atoms with van der Waals surface area (Å²) in [5, 5.41) is 8.45. The van der Waals surface area contributed by atoms with Gasteiger partial charge in [-0.25, -0.2) is 4.98 Å². The molecule has 0 radical (unpaired) electrons. The lowest BCUT2D eigenvalue weighted by atomic mass is 10.1. The number of anilines is 1. The molecule has 0 spiro atoms. The number of nitrogen functional groups attached to an aromatic ring is 1. The molecule has 0 saturated heterocycles. The number of nitriles is 1. The first kappa shape index (κ1) is 16.4. The summed E-state index contributed by atoms with van der Waals surface area (Å²) in [5.74, 6) is 0.507. The van der Waals surface area contributed by atoms with Crippen LogP contribution in [0.4, 0.5) is 5.82 Å². The average Bonchev–Trinajstić information content (AvgIpc) is 2.10. The van der Waals surface area contributed by atoms with Crippen molar-refractivity contribution in [2.24, 2.45) is 5.73 Å². The number of halogens is 2. The van der Waals surface area contributed by atoms with Crippen molar-refractivity contribution < 1.29 is 0 Å². The molecule has 4 N–H and O–H groups in total. The SMILES string of the molecule is Cc1cc([C@H](N)CC#N)cnc1N.Cl.Cl. The van der Waals surface area contributed by atoms with Crippen LogP contribution in [0.5, 0.6) is 0 Å². The third-order valence-electron chi connectivity index (χ3n) is 1.88. The van der Waals surface area contributed by atoms with Gasteiger partial charge in [0.2, 0.25) is 0 Å². The normalized spacial score (nSPS) is 10.5. The lowest BCUT2D eigenvalue weighted by Gasteiger charge is -2.08. The quantitative estimate of drug-likeness (QED) is 0.835. The molecule has 0 aliphatic rings. The predicted molar refractivity (Wildman–Crippen MR) is 65.0 cm³/mol. The fourth-order valence-corrected chi connectivity index (χ4v) is 1.03. The van der Waals surface area contributed by atoms with Gasteiger partial charge in [0.25, 0.3) is 0 Å². The number of rotatable bonds is 2. The van der Waals surface area contributed by atoms with E-state index in [1.165, 1.54) is 0 Å². The fraction of sp³-hybridized carbons (Fsp3) is 0.333. The van der Waals surface area contributed by atoms with Gasteiger partial charge < -0.3 is 11.5 Å². The molecule has 1 heterocycles. The summed E-state index contributed by atoms with van der Waals surface area (Å²) in [6, 6.07) is 3.61. The summed E-state index contributed by atoms with van der Waals surface area (Å²) in [6.07, 6.45) is 1.91. The van der Waals surface area contributed by atoms with E-state index in [4.69, 9.17) is 16.7 Å². The van der Waals surface area contributed by atoms with Gasteiger partial charge in [-0.1, -0.05) is 0 Å². The first-order chi connectivity index (χ1) is 6.15. The molecular formula is C9H14Cl2N4. The molecule has 1 aromatic heterocycles. The number of aryl methyl sites for hydroxylation is 1. The first-order valence-electron chi connectivity index (χ1n) is 3.99. The second kappa shape index (κ2) is 7.30. The topological polar surface area (TPSA) is 88.7 Å². The van der Waals surface area contributed by atoms with Crippen LogP contribution in [0.1, 0.15) is 23.6 Å². The molecule has 15 heavy (non-hydrogen) atoms. The van der Waals surface area contributed by atoms with Crippen LogP contribution < -0.4 is 11.5 Å². The maximum atomic E-state index is 8.45. The van der Waals surface area contributed by atoms with Crippen molar-refractivity contribution in [2.45, 2.75) is 19.4 Å². The minimum Gasteiger partial charge on any atom is -0.383 e. The maximum Gasteiger partial charge on any atom is 0.126 e. The highest BCUT2D eigenvalue weighted by molar-refractivity contribution is 5.85. The second-order valence-corrected chi connectivity index (χ2v) is 2.94. The molecule has 0 unspecified atom stereocenters. The molecule has 0 aliphatic heterocycles. The van der Waals surface area contributed by atoms with Gasteiger partial charge in [0.05, 0.1) is 12.5 Å². The van der Waals surface area contributed by atoms with E-state index in [1.807, 2.05) is 19.1 Å². The number of aromatic nitrogens is 1. The van der Waals surface area contributed by atoms with Crippen LogP contribution in [-0.2, 0) is 0 Å². The van der Waals surface area contributed by atoms with E-state index in [-0.39, 0.29) is 30.9 Å². The second-order valence-electron chi connectivity index (χ2n) is 2.94. The molecule has 4 nitrogen and oxygen atoms in total. The molecule has 6 heteroatoms. The van der Waals surface area contributed by atoms with Gasteiger partial charge in [0.15, 0.2) is 0 Å². The van der Waals surface area contributed by atoms with Crippen molar-refractivity contribution in [3.63, 3.8) is 0 Å². The fourth-order valence-electron chi connectivity index (χ4n) is 1.03. The smallest absolute Gasteiger partial charge is 0.126 e. The Balaban J connectivity index is 0. The lowest BCUT2D eigenvalue weighted by Crippen LogP contribution is -2.10. The van der Waals surface area contributed by atoms with Crippen molar-refractivity contribution in [3.05, 3.63) is 23.4 Å². The van der Waals surface area contributed by atoms with Crippen LogP contribution in [0.2, 0.25) is 0 Å². The molecule has 0 aliphatic carbocycles. The van der Waals surface area contributed by atoms with Gasteiger partial charge in [0, 0.05) is 12.2 Å². The van der Waals surface area contributed by atoms with Crippen LogP contribution in [0, 0.1) is 18.3 Å². The molecule has 0 aromatic carbocycles. The van der Waals surface area contributed by atoms with Crippen molar-refractivity contribution in [1.29, 1.82) is 5.26 Å². The van der Waals surface area contributed by atoms with Crippen molar-refractivity contribution in [3.8, 4) is 6.07 Å². The van der Waals surface area contributed by atoms with E-state index in [9.17, 15) is 0 Å². The van der Waals surface area contributed by atoms with Crippen LogP contribution in [0.25, 0.3) is 0 Å². The zero-order valence-electron chi connectivity index (χ0n) is 8.30. The number of nitrogens with zero attached hydrogens (tertiary/aromatic N) is 2. The summed E-state index contributed by atoms with van der Waals surface area (Å²) >= 11 is 0. The van der Waals surface area contributed by atoms with E-state index < -0.39 is 0 Å². The lowest BCUT2D eigenvalue weighted by molar-refractivity contribution is 0.743. The summed E-state index contributed by atoms with van der Waals surface area (Å²) < 4.78 is 0. The molecule has 0 fully saturated rings. The van der Waals surface area contributed by atoms with E-state index in [0.29, 0.717) is 12.2 Å². The van der Waals surface area contributed by atoms with E-state index in [2.05, 4.69) is 4.98 Å². The van der Waals surface area contributed by atoms with E-state index in [1.54, 1.807) is 6.20 Å². The van der Waals surface area contributed by atoms with Crippen molar-refractivity contribution >= 4 is 30.6 Å².